The molecule has 0 bridgehead atoms. The van der Waals surface area contributed by atoms with Crippen LogP contribution < -0.4 is 5.32 Å². The van der Waals surface area contributed by atoms with Crippen molar-refractivity contribution < 1.29 is 4.79 Å². The van der Waals surface area contributed by atoms with Gasteiger partial charge >= 0.3 is 0 Å². The first-order chi connectivity index (χ1) is 13.8. The number of amides is 1. The van der Waals surface area contributed by atoms with Crippen LogP contribution in [0.25, 0.3) is 10.6 Å². The van der Waals surface area contributed by atoms with Crippen LogP contribution >= 0.6 is 11.3 Å². The van der Waals surface area contributed by atoms with Gasteiger partial charge in [0.1, 0.15) is 5.01 Å². The maximum absolute atomic E-state index is 13.1. The van der Waals surface area contributed by atoms with E-state index in [0.717, 1.165) is 27.3 Å². The smallest absolute Gasteiger partial charge is 0.232 e. The van der Waals surface area contributed by atoms with Gasteiger partial charge in [-0.05, 0) is 22.8 Å². The summed E-state index contributed by atoms with van der Waals surface area (Å²) >= 11 is 1.61. The van der Waals surface area contributed by atoms with Crippen LogP contribution in [0.15, 0.2) is 96.5 Å². The molecule has 3 nitrogen and oxygen atoms in total. The van der Waals surface area contributed by atoms with E-state index < -0.39 is 0 Å². The lowest BCUT2D eigenvalue weighted by atomic mass is 9.90. The zero-order valence-electron chi connectivity index (χ0n) is 15.3. The van der Waals surface area contributed by atoms with Crippen LogP contribution in [0.4, 0.5) is 0 Å². The largest absolute Gasteiger partial charge is 0.351 e. The third-order valence-electron chi connectivity index (χ3n) is 4.60. The summed E-state index contributed by atoms with van der Waals surface area (Å²) in [7, 11) is 0. The van der Waals surface area contributed by atoms with Crippen LogP contribution in [-0.4, -0.2) is 10.9 Å². The van der Waals surface area contributed by atoms with Crippen molar-refractivity contribution in [2.45, 2.75) is 12.5 Å². The van der Waals surface area contributed by atoms with Gasteiger partial charge in [0, 0.05) is 23.7 Å². The molecule has 1 aromatic heterocycles. The van der Waals surface area contributed by atoms with Crippen LogP contribution in [0.5, 0.6) is 0 Å². The monoisotopic (exact) mass is 384 g/mol. The molecule has 0 radical (unpaired) electrons. The van der Waals surface area contributed by atoms with Crippen LogP contribution in [0.1, 0.15) is 22.6 Å². The molecule has 4 heteroatoms. The van der Waals surface area contributed by atoms with Crippen molar-refractivity contribution in [1.29, 1.82) is 0 Å². The first-order valence-corrected chi connectivity index (χ1v) is 10.1. The van der Waals surface area contributed by atoms with Crippen molar-refractivity contribution in [2.75, 3.05) is 0 Å². The summed E-state index contributed by atoms with van der Waals surface area (Å²) in [5.74, 6) is -0.332. The first kappa shape index (κ1) is 18.1. The summed E-state index contributed by atoms with van der Waals surface area (Å²) in [5, 5.41) is 6.06. The van der Waals surface area contributed by atoms with E-state index in [1.165, 1.54) is 0 Å². The zero-order valence-corrected chi connectivity index (χ0v) is 16.1. The van der Waals surface area contributed by atoms with E-state index in [2.05, 4.69) is 16.4 Å². The van der Waals surface area contributed by atoms with E-state index in [4.69, 9.17) is 0 Å². The third kappa shape index (κ3) is 4.18. The molecule has 0 aliphatic rings. The lowest BCUT2D eigenvalue weighted by Gasteiger charge is -2.18. The molecule has 4 aromatic rings. The van der Waals surface area contributed by atoms with Crippen LogP contribution in [0.2, 0.25) is 0 Å². The Labute approximate surface area is 168 Å². The molecular formula is C24H20N2OS. The highest BCUT2D eigenvalue weighted by Crippen LogP contribution is 2.25. The predicted molar refractivity (Wildman–Crippen MR) is 114 cm³/mol. The SMILES string of the molecule is O=C(NCc1cccc(-c2nccs2)c1)C(c1ccccc1)c1ccccc1. The molecule has 3 aromatic carbocycles. The Bertz CT molecular complexity index is 991. The van der Waals surface area contributed by atoms with Crippen LogP contribution in [0.3, 0.4) is 0 Å². The Morgan fingerprint density at radius 1 is 0.893 bits per heavy atom. The van der Waals surface area contributed by atoms with Gasteiger partial charge in [-0.2, -0.15) is 0 Å². The lowest BCUT2D eigenvalue weighted by molar-refractivity contribution is -0.121. The third-order valence-corrected chi connectivity index (χ3v) is 5.42. The standard InChI is InChI=1S/C24H20N2OS/c27-23(22(19-9-3-1-4-10-19)20-11-5-2-6-12-20)26-17-18-8-7-13-21(16-18)24-25-14-15-28-24/h1-16,22H,17H2,(H,26,27). The van der Waals surface area contributed by atoms with Gasteiger partial charge in [-0.3, -0.25) is 4.79 Å². The highest BCUT2D eigenvalue weighted by molar-refractivity contribution is 7.13. The fraction of sp³-hybridized carbons (Fsp3) is 0.0833. The van der Waals surface area contributed by atoms with Gasteiger partial charge in [-0.15, -0.1) is 11.3 Å². The molecule has 0 unspecified atom stereocenters. The minimum absolute atomic E-state index is 0.00273. The lowest BCUT2D eigenvalue weighted by Crippen LogP contribution is -2.29. The van der Waals surface area contributed by atoms with Gasteiger partial charge in [0.15, 0.2) is 0 Å². The average Bonchev–Trinajstić information content (AvgIpc) is 3.29. The normalized spacial score (nSPS) is 10.8. The minimum Gasteiger partial charge on any atom is -0.351 e. The molecule has 138 valence electrons. The van der Waals surface area contributed by atoms with Crippen molar-refractivity contribution in [3.8, 4) is 10.6 Å². The summed E-state index contributed by atoms with van der Waals surface area (Å²) in [6.07, 6.45) is 1.80. The minimum atomic E-state index is -0.329. The Hall–Kier alpha value is -3.24. The van der Waals surface area contributed by atoms with E-state index in [-0.39, 0.29) is 11.8 Å². The van der Waals surface area contributed by atoms with E-state index in [1.54, 1.807) is 17.5 Å². The van der Waals surface area contributed by atoms with E-state index in [1.807, 2.05) is 84.2 Å². The average molecular weight is 385 g/mol. The van der Waals surface area contributed by atoms with Crippen LogP contribution in [0, 0.1) is 0 Å². The van der Waals surface area contributed by atoms with Crippen LogP contribution in [-0.2, 0) is 11.3 Å². The van der Waals surface area contributed by atoms with Gasteiger partial charge < -0.3 is 5.32 Å². The number of thiazole rings is 1. The number of nitrogens with one attached hydrogen (secondary N) is 1. The van der Waals surface area contributed by atoms with Gasteiger partial charge in [0.2, 0.25) is 5.91 Å². The van der Waals surface area contributed by atoms with Gasteiger partial charge in [0.25, 0.3) is 0 Å². The second-order valence-electron chi connectivity index (χ2n) is 6.51. The van der Waals surface area contributed by atoms with Crippen molar-refractivity contribution in [1.82, 2.24) is 10.3 Å². The summed E-state index contributed by atoms with van der Waals surface area (Å²) in [5.41, 5.74) is 4.11. The van der Waals surface area contributed by atoms with Crippen molar-refractivity contribution in [3.05, 3.63) is 113 Å². The second kappa shape index (κ2) is 8.63. The Morgan fingerprint density at radius 2 is 1.57 bits per heavy atom. The zero-order chi connectivity index (χ0) is 19.2. The molecule has 1 heterocycles. The van der Waals surface area contributed by atoms with Gasteiger partial charge in [-0.25, -0.2) is 4.98 Å². The summed E-state index contributed by atoms with van der Waals surface area (Å²) in [6, 6.07) is 28.0. The molecule has 1 N–H and O–H groups in total. The number of nitrogens with zero attached hydrogens (tertiary/aromatic N) is 1. The number of hydrogen-bond donors (Lipinski definition) is 1. The maximum atomic E-state index is 13.1. The van der Waals surface area contributed by atoms with Crippen molar-refractivity contribution in [2.24, 2.45) is 0 Å². The van der Waals surface area contributed by atoms with E-state index in [9.17, 15) is 4.79 Å². The van der Waals surface area contributed by atoms with Gasteiger partial charge in [0.05, 0.1) is 5.92 Å². The number of carbonyl (C=O) groups is 1. The molecule has 0 atom stereocenters. The highest BCUT2D eigenvalue weighted by Gasteiger charge is 2.22. The molecule has 28 heavy (non-hydrogen) atoms. The highest BCUT2D eigenvalue weighted by atomic mass is 32.1. The van der Waals surface area contributed by atoms with E-state index in [0.29, 0.717) is 6.54 Å². The number of hydrogen-bond acceptors (Lipinski definition) is 3. The Morgan fingerprint density at radius 3 is 2.18 bits per heavy atom. The maximum Gasteiger partial charge on any atom is 0.232 e. The predicted octanol–water partition coefficient (Wildman–Crippen LogP) is 5.26. The molecule has 0 aliphatic carbocycles. The molecule has 0 saturated carbocycles. The van der Waals surface area contributed by atoms with Crippen molar-refractivity contribution >= 4 is 17.2 Å². The molecule has 0 saturated heterocycles. The summed E-state index contributed by atoms with van der Waals surface area (Å²) in [4.78, 5) is 17.5. The fourth-order valence-corrected chi connectivity index (χ4v) is 3.89. The summed E-state index contributed by atoms with van der Waals surface area (Å²) in [6.45, 7) is 0.480. The molecule has 4 rings (SSSR count). The number of benzene rings is 3. The fourth-order valence-electron chi connectivity index (χ4n) is 3.26. The topological polar surface area (TPSA) is 42.0 Å². The Kier molecular flexibility index (Phi) is 5.59. The number of rotatable bonds is 6. The number of carbonyl (C=O) groups excluding carboxylic acids is 1. The second-order valence-corrected chi connectivity index (χ2v) is 7.40. The molecule has 0 aliphatic heterocycles. The molecule has 0 fully saturated rings. The number of aromatic nitrogens is 1. The Balaban J connectivity index is 1.53. The molecule has 1 amide bonds. The van der Waals surface area contributed by atoms with Gasteiger partial charge in [-0.1, -0.05) is 78.9 Å². The molecular weight excluding hydrogens is 364 g/mol. The van der Waals surface area contributed by atoms with E-state index >= 15 is 0 Å². The van der Waals surface area contributed by atoms with Crippen molar-refractivity contribution in [3.63, 3.8) is 0 Å². The summed E-state index contributed by atoms with van der Waals surface area (Å²) < 4.78 is 0. The quantitative estimate of drug-likeness (QED) is 0.493. The first-order valence-electron chi connectivity index (χ1n) is 9.17. The molecule has 0 spiro atoms.